The molecule has 0 spiro atoms. The Morgan fingerprint density at radius 2 is 1.76 bits per heavy atom. The molecule has 0 saturated heterocycles. The lowest BCUT2D eigenvalue weighted by atomic mass is 10.0. The molecule has 2 aromatic rings. The SMILES string of the molecule is CCCCCCOc1ccc(-c2ccc(C(=O)O)cc2)cc1[N+](=O)[O-]. The first-order valence-electron chi connectivity index (χ1n) is 8.28. The number of benzene rings is 2. The number of nitrogens with zero attached hydrogens (tertiary/aromatic N) is 1. The molecule has 0 aromatic heterocycles. The summed E-state index contributed by atoms with van der Waals surface area (Å²) in [6.07, 6.45) is 4.15. The number of hydrogen-bond acceptors (Lipinski definition) is 4. The molecule has 0 aliphatic rings. The van der Waals surface area contributed by atoms with Crippen molar-refractivity contribution < 1.29 is 19.6 Å². The standard InChI is InChI=1S/C19H21NO5/c1-2-3-4-5-12-25-18-11-10-16(13-17(18)20(23)24)14-6-8-15(9-7-14)19(21)22/h6-11,13H,2-5,12H2,1H3,(H,21,22). The van der Waals surface area contributed by atoms with Crippen molar-refractivity contribution >= 4 is 11.7 Å². The lowest BCUT2D eigenvalue weighted by Crippen LogP contribution is -2.01. The molecule has 0 aliphatic carbocycles. The van der Waals surface area contributed by atoms with Gasteiger partial charge in [-0.05, 0) is 35.7 Å². The average Bonchev–Trinajstić information content (AvgIpc) is 2.61. The van der Waals surface area contributed by atoms with E-state index in [9.17, 15) is 14.9 Å². The Balaban J connectivity index is 2.17. The van der Waals surface area contributed by atoms with Gasteiger partial charge in [0.25, 0.3) is 0 Å². The van der Waals surface area contributed by atoms with Gasteiger partial charge in [-0.15, -0.1) is 0 Å². The molecule has 0 atom stereocenters. The molecule has 1 N–H and O–H groups in total. The average molecular weight is 343 g/mol. The number of aromatic carboxylic acids is 1. The number of carboxylic acids is 1. The Morgan fingerprint density at radius 1 is 1.08 bits per heavy atom. The topological polar surface area (TPSA) is 89.7 Å². The van der Waals surface area contributed by atoms with E-state index in [2.05, 4.69) is 6.92 Å². The predicted molar refractivity (Wildman–Crippen MR) is 95.1 cm³/mol. The second kappa shape index (κ2) is 8.82. The molecule has 6 nitrogen and oxygen atoms in total. The van der Waals surface area contributed by atoms with E-state index in [1.807, 2.05) is 0 Å². The van der Waals surface area contributed by atoms with Crippen molar-refractivity contribution in [2.45, 2.75) is 32.6 Å². The van der Waals surface area contributed by atoms with Crippen LogP contribution in [0.4, 0.5) is 5.69 Å². The monoisotopic (exact) mass is 343 g/mol. The number of nitro groups is 1. The minimum absolute atomic E-state index is 0.0877. The molecule has 132 valence electrons. The fraction of sp³-hybridized carbons (Fsp3) is 0.316. The molecule has 0 unspecified atom stereocenters. The fourth-order valence-corrected chi connectivity index (χ4v) is 2.48. The largest absolute Gasteiger partial charge is 0.487 e. The van der Waals surface area contributed by atoms with Crippen molar-refractivity contribution in [3.05, 3.63) is 58.1 Å². The molecule has 2 rings (SSSR count). The molecule has 6 heteroatoms. The molecule has 0 fully saturated rings. The molecule has 0 amide bonds. The van der Waals surface area contributed by atoms with Gasteiger partial charge in [0.1, 0.15) is 0 Å². The highest BCUT2D eigenvalue weighted by molar-refractivity contribution is 5.88. The summed E-state index contributed by atoms with van der Waals surface area (Å²) in [5.41, 5.74) is 1.44. The van der Waals surface area contributed by atoms with Crippen LogP contribution in [-0.4, -0.2) is 22.6 Å². The summed E-state index contributed by atoms with van der Waals surface area (Å²) in [4.78, 5) is 21.8. The zero-order chi connectivity index (χ0) is 18.2. The van der Waals surface area contributed by atoms with Gasteiger partial charge in [-0.2, -0.15) is 0 Å². The third-order valence-corrected chi connectivity index (χ3v) is 3.88. The van der Waals surface area contributed by atoms with Crippen LogP contribution < -0.4 is 4.74 Å². The minimum Gasteiger partial charge on any atom is -0.487 e. The Labute approximate surface area is 146 Å². The lowest BCUT2D eigenvalue weighted by Gasteiger charge is -2.09. The van der Waals surface area contributed by atoms with Crippen LogP contribution in [-0.2, 0) is 0 Å². The molecule has 25 heavy (non-hydrogen) atoms. The van der Waals surface area contributed by atoms with Crippen LogP contribution in [0.3, 0.4) is 0 Å². The van der Waals surface area contributed by atoms with Crippen LogP contribution in [0, 0.1) is 10.1 Å². The van der Waals surface area contributed by atoms with E-state index in [0.717, 1.165) is 25.7 Å². The Kier molecular flexibility index (Phi) is 6.51. The summed E-state index contributed by atoms with van der Waals surface area (Å²) in [7, 11) is 0. The van der Waals surface area contributed by atoms with Gasteiger partial charge >= 0.3 is 11.7 Å². The maximum absolute atomic E-state index is 11.3. The maximum Gasteiger partial charge on any atom is 0.335 e. The first-order valence-corrected chi connectivity index (χ1v) is 8.28. The minimum atomic E-state index is -1.01. The lowest BCUT2D eigenvalue weighted by molar-refractivity contribution is -0.385. The van der Waals surface area contributed by atoms with Crippen molar-refractivity contribution in [1.82, 2.24) is 0 Å². The summed E-state index contributed by atoms with van der Waals surface area (Å²) in [5.74, 6) is -0.753. The van der Waals surface area contributed by atoms with E-state index in [1.165, 1.54) is 18.2 Å². The zero-order valence-electron chi connectivity index (χ0n) is 14.1. The Morgan fingerprint density at radius 3 is 2.36 bits per heavy atom. The first-order chi connectivity index (χ1) is 12.0. The van der Waals surface area contributed by atoms with Crippen molar-refractivity contribution in [2.24, 2.45) is 0 Å². The molecule has 0 saturated carbocycles. The predicted octanol–water partition coefficient (Wildman–Crippen LogP) is 4.92. The highest BCUT2D eigenvalue weighted by Gasteiger charge is 2.17. The van der Waals surface area contributed by atoms with Gasteiger partial charge in [0.05, 0.1) is 17.1 Å². The number of carbonyl (C=O) groups is 1. The van der Waals surface area contributed by atoms with Gasteiger partial charge in [-0.1, -0.05) is 44.4 Å². The zero-order valence-corrected chi connectivity index (χ0v) is 14.1. The number of carboxylic acid groups (broad SMARTS) is 1. The summed E-state index contributed by atoms with van der Waals surface area (Å²) < 4.78 is 5.57. The van der Waals surface area contributed by atoms with Crippen molar-refractivity contribution in [3.8, 4) is 16.9 Å². The third kappa shape index (κ3) is 5.04. The summed E-state index contributed by atoms with van der Waals surface area (Å²) in [5, 5.41) is 20.3. The van der Waals surface area contributed by atoms with E-state index >= 15 is 0 Å². The van der Waals surface area contributed by atoms with Gasteiger partial charge in [-0.3, -0.25) is 10.1 Å². The molecular weight excluding hydrogens is 322 g/mol. The Bertz CT molecular complexity index is 740. The van der Waals surface area contributed by atoms with E-state index in [-0.39, 0.29) is 17.0 Å². The molecule has 0 aliphatic heterocycles. The van der Waals surface area contributed by atoms with Gasteiger partial charge in [0, 0.05) is 6.07 Å². The number of unbranched alkanes of at least 4 members (excludes halogenated alkanes) is 3. The van der Waals surface area contributed by atoms with Crippen LogP contribution in [0.5, 0.6) is 5.75 Å². The number of nitro benzene ring substituents is 1. The van der Waals surface area contributed by atoms with Gasteiger partial charge in [-0.25, -0.2) is 4.79 Å². The van der Waals surface area contributed by atoms with Crippen LogP contribution in [0.15, 0.2) is 42.5 Å². The van der Waals surface area contributed by atoms with E-state index in [0.29, 0.717) is 17.7 Å². The quantitative estimate of drug-likeness (QED) is 0.396. The van der Waals surface area contributed by atoms with Crippen molar-refractivity contribution in [3.63, 3.8) is 0 Å². The smallest absolute Gasteiger partial charge is 0.335 e. The molecule has 0 heterocycles. The summed E-state index contributed by atoms with van der Waals surface area (Å²) in [6.45, 7) is 2.57. The van der Waals surface area contributed by atoms with E-state index in [1.54, 1.807) is 24.3 Å². The highest BCUT2D eigenvalue weighted by Crippen LogP contribution is 2.32. The van der Waals surface area contributed by atoms with Gasteiger partial charge < -0.3 is 9.84 Å². The summed E-state index contributed by atoms with van der Waals surface area (Å²) >= 11 is 0. The third-order valence-electron chi connectivity index (χ3n) is 3.88. The highest BCUT2D eigenvalue weighted by atomic mass is 16.6. The maximum atomic E-state index is 11.3. The molecule has 2 aromatic carbocycles. The number of rotatable bonds is 9. The first kappa shape index (κ1) is 18.4. The van der Waals surface area contributed by atoms with Crippen molar-refractivity contribution in [2.75, 3.05) is 6.61 Å². The fourth-order valence-electron chi connectivity index (χ4n) is 2.48. The van der Waals surface area contributed by atoms with Crippen LogP contribution in [0.2, 0.25) is 0 Å². The van der Waals surface area contributed by atoms with Gasteiger partial charge in [0.2, 0.25) is 0 Å². The molecule has 0 radical (unpaired) electrons. The second-order valence-electron chi connectivity index (χ2n) is 5.73. The van der Waals surface area contributed by atoms with Crippen LogP contribution in [0.25, 0.3) is 11.1 Å². The molecular formula is C19H21NO5. The van der Waals surface area contributed by atoms with Crippen LogP contribution >= 0.6 is 0 Å². The number of ether oxygens (including phenoxy) is 1. The molecule has 0 bridgehead atoms. The number of hydrogen-bond donors (Lipinski definition) is 1. The Hall–Kier alpha value is -2.89. The van der Waals surface area contributed by atoms with E-state index in [4.69, 9.17) is 9.84 Å². The summed E-state index contributed by atoms with van der Waals surface area (Å²) in [6, 6.07) is 11.0. The van der Waals surface area contributed by atoms with Crippen LogP contribution in [0.1, 0.15) is 43.0 Å². The van der Waals surface area contributed by atoms with Crippen molar-refractivity contribution in [1.29, 1.82) is 0 Å². The second-order valence-corrected chi connectivity index (χ2v) is 5.73. The normalized spacial score (nSPS) is 10.4. The van der Waals surface area contributed by atoms with E-state index < -0.39 is 10.9 Å². The van der Waals surface area contributed by atoms with Gasteiger partial charge in [0.15, 0.2) is 5.75 Å².